The number of anilines is 1. The largest absolute Gasteiger partial charge is 0.383 e. The molecule has 0 fully saturated rings. The highest BCUT2D eigenvalue weighted by Gasteiger charge is 2.22. The predicted molar refractivity (Wildman–Crippen MR) is 84.1 cm³/mol. The zero-order chi connectivity index (χ0) is 14.0. The molecule has 0 atom stereocenters. The van der Waals surface area contributed by atoms with Crippen LogP contribution in [-0.2, 0) is 7.05 Å². The van der Waals surface area contributed by atoms with Gasteiger partial charge in [0.15, 0.2) is 0 Å². The molecule has 1 aromatic carbocycles. The molecule has 0 unspecified atom stereocenters. The van der Waals surface area contributed by atoms with Gasteiger partial charge in [-0.3, -0.25) is 4.68 Å². The molecule has 0 saturated carbocycles. The average molecular weight is 322 g/mol. The van der Waals surface area contributed by atoms with E-state index in [0.717, 1.165) is 40.0 Å². The Morgan fingerprint density at radius 1 is 1.26 bits per heavy atom. The highest BCUT2D eigenvalue weighted by atomic mass is 79.9. The van der Waals surface area contributed by atoms with Crippen molar-refractivity contribution in [2.45, 2.75) is 32.6 Å². The Balaban J connectivity index is 2.65. The van der Waals surface area contributed by atoms with Gasteiger partial charge in [-0.15, -0.1) is 0 Å². The van der Waals surface area contributed by atoms with E-state index in [4.69, 9.17) is 5.73 Å². The lowest BCUT2D eigenvalue weighted by molar-refractivity contribution is 0.605. The molecule has 102 valence electrons. The van der Waals surface area contributed by atoms with E-state index in [0.29, 0.717) is 5.92 Å². The van der Waals surface area contributed by atoms with E-state index in [1.54, 1.807) is 4.68 Å². The van der Waals surface area contributed by atoms with Gasteiger partial charge in [-0.25, -0.2) is 0 Å². The van der Waals surface area contributed by atoms with Crippen LogP contribution in [0.15, 0.2) is 28.7 Å². The lowest BCUT2D eigenvalue weighted by Gasteiger charge is -2.13. The summed E-state index contributed by atoms with van der Waals surface area (Å²) in [5.74, 6) is 1.18. The van der Waals surface area contributed by atoms with Crippen molar-refractivity contribution in [1.29, 1.82) is 0 Å². The van der Waals surface area contributed by atoms with E-state index in [-0.39, 0.29) is 0 Å². The SMILES string of the molecule is CCC(CC)c1nn(C)c(N)c1-c1ccccc1Br. The van der Waals surface area contributed by atoms with Crippen molar-refractivity contribution in [2.24, 2.45) is 7.05 Å². The molecule has 2 rings (SSSR count). The van der Waals surface area contributed by atoms with Crippen LogP contribution >= 0.6 is 15.9 Å². The monoisotopic (exact) mass is 321 g/mol. The highest BCUT2D eigenvalue weighted by molar-refractivity contribution is 9.10. The van der Waals surface area contributed by atoms with Gasteiger partial charge in [0.25, 0.3) is 0 Å². The first-order valence-corrected chi connectivity index (χ1v) is 7.46. The Morgan fingerprint density at radius 2 is 1.89 bits per heavy atom. The molecule has 1 heterocycles. The van der Waals surface area contributed by atoms with Gasteiger partial charge in [0, 0.05) is 28.6 Å². The van der Waals surface area contributed by atoms with E-state index < -0.39 is 0 Å². The van der Waals surface area contributed by atoms with Gasteiger partial charge >= 0.3 is 0 Å². The molecule has 0 bridgehead atoms. The van der Waals surface area contributed by atoms with Crippen LogP contribution in [0.1, 0.15) is 38.3 Å². The number of hydrogen-bond acceptors (Lipinski definition) is 2. The summed E-state index contributed by atoms with van der Waals surface area (Å²) >= 11 is 3.61. The minimum Gasteiger partial charge on any atom is -0.383 e. The van der Waals surface area contributed by atoms with E-state index >= 15 is 0 Å². The van der Waals surface area contributed by atoms with Crippen molar-refractivity contribution < 1.29 is 0 Å². The molecular formula is C15H20BrN3. The summed E-state index contributed by atoms with van der Waals surface area (Å²) in [6, 6.07) is 8.17. The first-order valence-electron chi connectivity index (χ1n) is 6.67. The normalized spacial score (nSPS) is 11.2. The molecule has 0 aliphatic carbocycles. The number of nitrogen functional groups attached to an aromatic ring is 1. The van der Waals surface area contributed by atoms with Gasteiger partial charge in [-0.05, 0) is 18.9 Å². The molecule has 3 nitrogen and oxygen atoms in total. The third-order valence-electron chi connectivity index (χ3n) is 3.63. The maximum absolute atomic E-state index is 6.23. The predicted octanol–water partition coefficient (Wildman–Crippen LogP) is 4.34. The Morgan fingerprint density at radius 3 is 2.47 bits per heavy atom. The lowest BCUT2D eigenvalue weighted by Crippen LogP contribution is -2.00. The molecule has 0 amide bonds. The third kappa shape index (κ3) is 2.54. The van der Waals surface area contributed by atoms with Crippen LogP contribution in [0.3, 0.4) is 0 Å². The number of nitrogens with two attached hydrogens (primary N) is 1. The second kappa shape index (κ2) is 5.78. The molecule has 1 aromatic heterocycles. The van der Waals surface area contributed by atoms with Crippen molar-refractivity contribution in [3.05, 3.63) is 34.4 Å². The van der Waals surface area contributed by atoms with Crippen LogP contribution in [0.25, 0.3) is 11.1 Å². The van der Waals surface area contributed by atoms with Crippen molar-refractivity contribution in [1.82, 2.24) is 9.78 Å². The fourth-order valence-electron chi connectivity index (χ4n) is 2.46. The molecule has 19 heavy (non-hydrogen) atoms. The Kier molecular flexibility index (Phi) is 4.30. The van der Waals surface area contributed by atoms with Gasteiger partial charge < -0.3 is 5.73 Å². The first-order chi connectivity index (χ1) is 9.10. The number of rotatable bonds is 4. The smallest absolute Gasteiger partial charge is 0.129 e. The zero-order valence-corrected chi connectivity index (χ0v) is 13.2. The summed E-state index contributed by atoms with van der Waals surface area (Å²) in [7, 11) is 1.90. The molecule has 2 N–H and O–H groups in total. The zero-order valence-electron chi connectivity index (χ0n) is 11.7. The molecule has 0 aliphatic rings. The minimum absolute atomic E-state index is 0.450. The van der Waals surface area contributed by atoms with Crippen molar-refractivity contribution in [3.8, 4) is 11.1 Å². The number of halogens is 1. The molecule has 0 spiro atoms. The number of benzene rings is 1. The molecule has 0 radical (unpaired) electrons. The molecular weight excluding hydrogens is 302 g/mol. The quantitative estimate of drug-likeness (QED) is 0.910. The van der Waals surface area contributed by atoms with Gasteiger partial charge in [0.05, 0.1) is 5.69 Å². The molecule has 0 saturated heterocycles. The van der Waals surface area contributed by atoms with Crippen molar-refractivity contribution >= 4 is 21.7 Å². The first kappa shape index (κ1) is 14.1. The molecule has 4 heteroatoms. The summed E-state index contributed by atoms with van der Waals surface area (Å²) in [6.45, 7) is 4.39. The van der Waals surface area contributed by atoms with E-state index in [9.17, 15) is 0 Å². The van der Waals surface area contributed by atoms with Crippen LogP contribution in [0, 0.1) is 0 Å². The number of hydrogen-bond donors (Lipinski definition) is 1. The summed E-state index contributed by atoms with van der Waals surface area (Å²) in [6.07, 6.45) is 2.15. The second-order valence-electron chi connectivity index (χ2n) is 4.76. The average Bonchev–Trinajstić information content (AvgIpc) is 2.69. The minimum atomic E-state index is 0.450. The molecule has 2 aromatic rings. The van der Waals surface area contributed by atoms with E-state index in [1.165, 1.54) is 0 Å². The van der Waals surface area contributed by atoms with Crippen LogP contribution in [0.2, 0.25) is 0 Å². The fourth-order valence-corrected chi connectivity index (χ4v) is 2.94. The fraction of sp³-hybridized carbons (Fsp3) is 0.400. The van der Waals surface area contributed by atoms with Gasteiger partial charge in [-0.1, -0.05) is 48.0 Å². The van der Waals surface area contributed by atoms with E-state index in [1.807, 2.05) is 25.2 Å². The Hall–Kier alpha value is -1.29. The summed E-state index contributed by atoms with van der Waals surface area (Å²) in [5.41, 5.74) is 9.53. The number of aryl methyl sites for hydroxylation is 1. The summed E-state index contributed by atoms with van der Waals surface area (Å²) < 4.78 is 2.84. The van der Waals surface area contributed by atoms with Crippen LogP contribution in [-0.4, -0.2) is 9.78 Å². The van der Waals surface area contributed by atoms with Gasteiger partial charge in [0.1, 0.15) is 5.82 Å². The standard InChI is InChI=1S/C15H20BrN3/c1-4-10(5-2)14-13(15(17)19(3)18-14)11-8-6-7-9-12(11)16/h6-10H,4-5,17H2,1-3H3. The maximum atomic E-state index is 6.23. The second-order valence-corrected chi connectivity index (χ2v) is 5.62. The summed E-state index contributed by atoms with van der Waals surface area (Å²) in [4.78, 5) is 0. The number of nitrogens with zero attached hydrogens (tertiary/aromatic N) is 2. The van der Waals surface area contributed by atoms with Crippen molar-refractivity contribution in [2.75, 3.05) is 5.73 Å². The number of aromatic nitrogens is 2. The molecule has 0 aliphatic heterocycles. The lowest BCUT2D eigenvalue weighted by atomic mass is 9.93. The summed E-state index contributed by atoms with van der Waals surface area (Å²) in [5, 5.41) is 4.64. The topological polar surface area (TPSA) is 43.8 Å². The Bertz CT molecular complexity index is 571. The van der Waals surface area contributed by atoms with Crippen LogP contribution in [0.5, 0.6) is 0 Å². The van der Waals surface area contributed by atoms with Gasteiger partial charge in [0.2, 0.25) is 0 Å². The van der Waals surface area contributed by atoms with Gasteiger partial charge in [-0.2, -0.15) is 5.10 Å². The van der Waals surface area contributed by atoms with Crippen LogP contribution < -0.4 is 5.73 Å². The maximum Gasteiger partial charge on any atom is 0.129 e. The highest BCUT2D eigenvalue weighted by Crippen LogP contribution is 2.39. The third-order valence-corrected chi connectivity index (χ3v) is 4.33. The van der Waals surface area contributed by atoms with Crippen molar-refractivity contribution in [3.63, 3.8) is 0 Å². The van der Waals surface area contributed by atoms with Crippen LogP contribution in [0.4, 0.5) is 5.82 Å². The van der Waals surface area contributed by atoms with E-state index in [2.05, 4.69) is 40.9 Å². The Labute approximate surface area is 122 Å².